The van der Waals surface area contributed by atoms with E-state index in [4.69, 9.17) is 3.83 Å². The van der Waals surface area contributed by atoms with Crippen LogP contribution in [0, 0.1) is 0 Å². The molecular weight excluding hydrogens is 204 g/mol. The molecule has 0 fully saturated rings. The van der Waals surface area contributed by atoms with Crippen molar-refractivity contribution in [3.8, 4) is 0 Å². The van der Waals surface area contributed by atoms with Crippen LogP contribution in [0.5, 0.6) is 0 Å². The first-order chi connectivity index (χ1) is 5.41. The average Bonchev–Trinajstić information content (AvgIpc) is 2.03. The van der Waals surface area contributed by atoms with Crippen molar-refractivity contribution in [1.82, 2.24) is 0 Å². The van der Waals surface area contributed by atoms with Crippen LogP contribution in [0.25, 0.3) is 0 Å². The van der Waals surface area contributed by atoms with Gasteiger partial charge in [0.15, 0.2) is 0 Å². The maximum absolute atomic E-state index is 4.78. The molecule has 0 aromatic carbocycles. The van der Waals surface area contributed by atoms with Crippen molar-refractivity contribution in [2.24, 2.45) is 0 Å². The monoisotopic (exact) mass is 222 g/mol. The zero-order chi connectivity index (χ0) is 8.36. The fraction of sp³-hybridized carbons (Fsp3) is 1.00. The van der Waals surface area contributed by atoms with Crippen molar-refractivity contribution in [2.75, 3.05) is 6.61 Å². The van der Waals surface area contributed by atoms with Crippen molar-refractivity contribution in [3.63, 3.8) is 0 Å². The molecule has 0 aliphatic rings. The van der Waals surface area contributed by atoms with E-state index in [1.54, 1.807) is 0 Å². The Balaban J connectivity index is 2.69. The minimum atomic E-state index is 0.855. The molecule has 1 nitrogen and oxygen atoms in total. The van der Waals surface area contributed by atoms with Crippen LogP contribution in [0.1, 0.15) is 51.9 Å². The van der Waals surface area contributed by atoms with Crippen molar-refractivity contribution in [2.45, 2.75) is 51.9 Å². The van der Waals surface area contributed by atoms with Gasteiger partial charge in [-0.15, -0.1) is 0 Å². The van der Waals surface area contributed by atoms with Crippen molar-refractivity contribution in [3.05, 3.63) is 0 Å². The van der Waals surface area contributed by atoms with Gasteiger partial charge in [-0.25, -0.2) is 0 Å². The zero-order valence-corrected chi connectivity index (χ0v) is 9.03. The highest BCUT2D eigenvalue weighted by Gasteiger charge is 1.89. The van der Waals surface area contributed by atoms with E-state index in [-0.39, 0.29) is 0 Å². The van der Waals surface area contributed by atoms with E-state index >= 15 is 0 Å². The molecule has 0 atom stereocenters. The normalized spacial score (nSPS) is 10.4. The molecule has 0 aliphatic carbocycles. The summed E-state index contributed by atoms with van der Waals surface area (Å²) in [5.41, 5.74) is 0. The topological polar surface area (TPSA) is 9.23 Å². The third kappa shape index (κ3) is 10.4. The first-order valence-electron chi connectivity index (χ1n) is 4.65. The number of unbranched alkanes of at least 4 members (excludes halogenated alkanes) is 6. The lowest BCUT2D eigenvalue weighted by molar-refractivity contribution is 0.374. The summed E-state index contributed by atoms with van der Waals surface area (Å²) in [5, 5.41) is 0. The Kier molecular flexibility index (Phi) is 10.9. The molecule has 0 saturated heterocycles. The quantitative estimate of drug-likeness (QED) is 0.564. The van der Waals surface area contributed by atoms with Crippen LogP contribution < -0.4 is 0 Å². The molecule has 0 saturated carbocycles. The van der Waals surface area contributed by atoms with E-state index in [1.165, 1.54) is 44.9 Å². The smallest absolute Gasteiger partial charge is 0.0987 e. The van der Waals surface area contributed by atoms with Crippen LogP contribution in [-0.2, 0) is 3.83 Å². The first-order valence-corrected chi connectivity index (χ1v) is 5.30. The van der Waals surface area contributed by atoms with Crippen LogP contribution in [0.2, 0.25) is 0 Å². The fourth-order valence-electron chi connectivity index (χ4n) is 1.11. The predicted molar refractivity (Wildman–Crippen MR) is 52.9 cm³/mol. The second kappa shape index (κ2) is 10.4. The largest absolute Gasteiger partial charge is 0.308 e. The lowest BCUT2D eigenvalue weighted by atomic mass is 10.1. The summed E-state index contributed by atoms with van der Waals surface area (Å²) in [6.45, 7) is 3.10. The number of rotatable bonds is 8. The summed E-state index contributed by atoms with van der Waals surface area (Å²) in [6, 6.07) is 0. The highest BCUT2D eigenvalue weighted by Crippen LogP contribution is 2.06. The lowest BCUT2D eigenvalue weighted by Crippen LogP contribution is -1.84. The molecule has 0 aromatic heterocycles. The van der Waals surface area contributed by atoms with Gasteiger partial charge in [0.05, 0.1) is 22.9 Å². The van der Waals surface area contributed by atoms with Crippen LogP contribution >= 0.6 is 16.3 Å². The molecule has 0 N–H and O–H groups in total. The highest BCUT2D eigenvalue weighted by atomic mass is 79.9. The summed E-state index contributed by atoms with van der Waals surface area (Å²) in [7, 11) is 0. The molecule has 0 rings (SSSR count). The average molecular weight is 223 g/mol. The number of hydrogen-bond acceptors (Lipinski definition) is 1. The van der Waals surface area contributed by atoms with Gasteiger partial charge in [0, 0.05) is 0 Å². The summed E-state index contributed by atoms with van der Waals surface area (Å²) in [6.07, 6.45) is 9.42. The minimum Gasteiger partial charge on any atom is -0.308 e. The highest BCUT2D eigenvalue weighted by molar-refractivity contribution is 9.06. The maximum atomic E-state index is 4.78. The summed E-state index contributed by atoms with van der Waals surface area (Å²) in [4.78, 5) is 0. The molecule has 2 heteroatoms. The molecular formula is C9H19BrO. The van der Waals surface area contributed by atoms with Crippen molar-refractivity contribution in [1.29, 1.82) is 0 Å². The van der Waals surface area contributed by atoms with Gasteiger partial charge in [-0.05, 0) is 6.42 Å². The Labute approximate surface area is 79.0 Å². The van der Waals surface area contributed by atoms with E-state index in [2.05, 4.69) is 23.2 Å². The van der Waals surface area contributed by atoms with Gasteiger partial charge < -0.3 is 3.83 Å². The second-order valence-corrected chi connectivity index (χ2v) is 3.39. The molecule has 0 aliphatic heterocycles. The lowest BCUT2D eigenvalue weighted by Gasteiger charge is -1.98. The Morgan fingerprint density at radius 3 is 2.00 bits per heavy atom. The van der Waals surface area contributed by atoms with Crippen molar-refractivity contribution < 1.29 is 3.83 Å². The molecule has 0 spiro atoms. The zero-order valence-electron chi connectivity index (χ0n) is 7.44. The summed E-state index contributed by atoms with van der Waals surface area (Å²) in [5.74, 6) is 0. The van der Waals surface area contributed by atoms with Gasteiger partial charge in [-0.1, -0.05) is 45.4 Å². The summed E-state index contributed by atoms with van der Waals surface area (Å²) >= 11 is 2.94. The van der Waals surface area contributed by atoms with Crippen LogP contribution in [0.4, 0.5) is 0 Å². The Morgan fingerprint density at radius 1 is 0.909 bits per heavy atom. The molecule has 0 amide bonds. The standard InChI is InChI=1S/C9H19BrO/c1-2-3-4-5-6-7-8-9-11-10/h2-9H2,1H3. The third-order valence-electron chi connectivity index (χ3n) is 1.83. The first kappa shape index (κ1) is 11.4. The molecule has 0 bridgehead atoms. The van der Waals surface area contributed by atoms with Gasteiger partial charge in [0.2, 0.25) is 0 Å². The van der Waals surface area contributed by atoms with Gasteiger partial charge in [-0.2, -0.15) is 0 Å². The second-order valence-electron chi connectivity index (χ2n) is 2.93. The van der Waals surface area contributed by atoms with E-state index < -0.39 is 0 Å². The molecule has 0 radical (unpaired) electrons. The van der Waals surface area contributed by atoms with E-state index in [0.29, 0.717) is 0 Å². The third-order valence-corrected chi connectivity index (χ3v) is 2.15. The van der Waals surface area contributed by atoms with Gasteiger partial charge in [0.1, 0.15) is 0 Å². The summed E-state index contributed by atoms with van der Waals surface area (Å²) < 4.78 is 4.78. The van der Waals surface area contributed by atoms with Crippen molar-refractivity contribution >= 4 is 16.3 Å². The fourth-order valence-corrected chi connectivity index (χ4v) is 1.34. The molecule has 0 heterocycles. The van der Waals surface area contributed by atoms with Crippen LogP contribution in [0.15, 0.2) is 0 Å². The SMILES string of the molecule is CCCCCCCCCOBr. The maximum Gasteiger partial charge on any atom is 0.0987 e. The number of halogens is 1. The minimum absolute atomic E-state index is 0.855. The van der Waals surface area contributed by atoms with Crippen LogP contribution in [-0.4, -0.2) is 6.61 Å². The predicted octanol–water partition coefficient (Wildman–Crippen LogP) is 4.06. The van der Waals surface area contributed by atoms with Gasteiger partial charge >= 0.3 is 0 Å². The van der Waals surface area contributed by atoms with E-state index in [0.717, 1.165) is 6.61 Å². The van der Waals surface area contributed by atoms with E-state index in [1.807, 2.05) is 0 Å². The molecule has 0 aromatic rings. The molecule has 0 unspecified atom stereocenters. The Bertz CT molecular complexity index is 58.6. The Morgan fingerprint density at radius 2 is 1.45 bits per heavy atom. The van der Waals surface area contributed by atoms with Gasteiger partial charge in [0.25, 0.3) is 0 Å². The molecule has 11 heavy (non-hydrogen) atoms. The molecule has 68 valence electrons. The number of hydrogen-bond donors (Lipinski definition) is 0. The van der Waals surface area contributed by atoms with E-state index in [9.17, 15) is 0 Å². The van der Waals surface area contributed by atoms with Crippen LogP contribution in [0.3, 0.4) is 0 Å². The Hall–Kier alpha value is 0.440. The van der Waals surface area contributed by atoms with Gasteiger partial charge in [-0.3, -0.25) is 0 Å².